The number of hydrogen-bond acceptors (Lipinski definition) is 4. The quantitative estimate of drug-likeness (QED) is 0.533. The molecule has 0 N–H and O–H groups in total. The molecular formula is C16H21ClN2OS. The fourth-order valence-corrected chi connectivity index (χ4v) is 3.01. The molecule has 0 aliphatic rings. The van der Waals surface area contributed by atoms with Crippen molar-refractivity contribution in [3.63, 3.8) is 0 Å². The van der Waals surface area contributed by atoms with Gasteiger partial charge in [0.2, 0.25) is 0 Å². The molecule has 5 heteroatoms. The highest BCUT2D eigenvalue weighted by Gasteiger charge is 2.02. The Labute approximate surface area is 135 Å². The molecule has 0 saturated heterocycles. The average molecular weight is 325 g/mol. The molecule has 2 aromatic rings. The van der Waals surface area contributed by atoms with E-state index >= 15 is 0 Å². The van der Waals surface area contributed by atoms with E-state index in [0.29, 0.717) is 5.88 Å². The second-order valence-corrected chi connectivity index (χ2v) is 6.27. The lowest BCUT2D eigenvalue weighted by Crippen LogP contribution is -2.08. The maximum Gasteiger partial charge on any atom is 0.121 e. The van der Waals surface area contributed by atoms with Crippen molar-refractivity contribution in [1.82, 2.24) is 4.98 Å². The first-order valence-corrected chi connectivity index (χ1v) is 8.50. The van der Waals surface area contributed by atoms with Gasteiger partial charge in [-0.15, -0.1) is 22.9 Å². The predicted molar refractivity (Wildman–Crippen MR) is 90.9 cm³/mol. The van der Waals surface area contributed by atoms with Gasteiger partial charge in [0, 0.05) is 31.2 Å². The number of aryl methyl sites for hydroxylation is 1. The average Bonchev–Trinajstić information content (AvgIpc) is 2.95. The van der Waals surface area contributed by atoms with Crippen molar-refractivity contribution in [2.75, 3.05) is 25.6 Å². The van der Waals surface area contributed by atoms with Crippen LogP contribution in [-0.2, 0) is 12.3 Å². The second-order valence-electron chi connectivity index (χ2n) is 5.06. The lowest BCUT2D eigenvalue weighted by atomic mass is 10.2. The zero-order chi connectivity index (χ0) is 15.1. The molecule has 0 amide bonds. The summed E-state index contributed by atoms with van der Waals surface area (Å²) in [6.07, 6.45) is 3.12. The van der Waals surface area contributed by atoms with Crippen LogP contribution in [0.25, 0.3) is 0 Å². The largest absolute Gasteiger partial charge is 0.494 e. The molecule has 0 radical (unpaired) electrons. The number of halogens is 1. The van der Waals surface area contributed by atoms with Crippen LogP contribution in [0.15, 0.2) is 29.6 Å². The number of anilines is 1. The lowest BCUT2D eigenvalue weighted by Gasteiger charge is -2.14. The molecule has 1 aromatic carbocycles. The molecule has 1 heterocycles. The normalized spacial score (nSPS) is 10.6. The Hall–Kier alpha value is -1.26. The molecule has 0 bridgehead atoms. The Kier molecular flexibility index (Phi) is 6.33. The number of nitrogens with zero attached hydrogens (tertiary/aromatic N) is 2. The smallest absolute Gasteiger partial charge is 0.121 e. The van der Waals surface area contributed by atoms with Crippen molar-refractivity contribution in [3.05, 3.63) is 40.3 Å². The summed E-state index contributed by atoms with van der Waals surface area (Å²) in [7, 11) is 4.06. The van der Waals surface area contributed by atoms with Crippen molar-refractivity contribution < 1.29 is 4.74 Å². The number of benzene rings is 1. The molecule has 0 unspecified atom stereocenters. The maximum absolute atomic E-state index is 5.80. The van der Waals surface area contributed by atoms with Crippen LogP contribution in [0.4, 0.5) is 5.69 Å². The highest BCUT2D eigenvalue weighted by Crippen LogP contribution is 2.20. The van der Waals surface area contributed by atoms with Gasteiger partial charge in [0.1, 0.15) is 5.75 Å². The van der Waals surface area contributed by atoms with E-state index in [4.69, 9.17) is 16.3 Å². The summed E-state index contributed by atoms with van der Waals surface area (Å²) in [4.78, 5) is 6.53. The molecule has 0 atom stereocenters. The van der Waals surface area contributed by atoms with Gasteiger partial charge in [0.15, 0.2) is 0 Å². The third-order valence-corrected chi connectivity index (χ3v) is 4.36. The van der Waals surface area contributed by atoms with Gasteiger partial charge in [-0.3, -0.25) is 0 Å². The molecular weight excluding hydrogens is 304 g/mol. The molecule has 0 spiro atoms. The van der Waals surface area contributed by atoms with E-state index in [9.17, 15) is 0 Å². The predicted octanol–water partition coefficient (Wildman–Crippen LogP) is 4.35. The van der Waals surface area contributed by atoms with Gasteiger partial charge in [0.25, 0.3) is 0 Å². The Balaban J connectivity index is 1.68. The van der Waals surface area contributed by atoms with Crippen molar-refractivity contribution in [2.24, 2.45) is 0 Å². The molecule has 21 heavy (non-hydrogen) atoms. The zero-order valence-electron chi connectivity index (χ0n) is 12.5. The van der Waals surface area contributed by atoms with Gasteiger partial charge in [0.05, 0.1) is 23.2 Å². The summed E-state index contributed by atoms with van der Waals surface area (Å²) in [6.45, 7) is 0.741. The summed E-state index contributed by atoms with van der Waals surface area (Å²) >= 11 is 7.44. The van der Waals surface area contributed by atoms with Gasteiger partial charge >= 0.3 is 0 Å². The van der Waals surface area contributed by atoms with Crippen LogP contribution in [0.5, 0.6) is 5.75 Å². The van der Waals surface area contributed by atoms with E-state index in [1.54, 1.807) is 11.3 Å². The Morgan fingerprint density at radius 1 is 1.29 bits per heavy atom. The minimum atomic E-state index is 0.502. The first-order chi connectivity index (χ1) is 10.2. The number of aromatic nitrogens is 1. The number of alkyl halides is 1. The standard InChI is InChI=1S/C16H21ClN2OS/c1-19(2)14-6-5-7-15(10-14)20-9-4-3-8-16-18-13(11-17)12-21-16/h5-7,10,12H,3-4,8-9,11H2,1-2H3. The van der Waals surface area contributed by atoms with Crippen LogP contribution in [-0.4, -0.2) is 25.7 Å². The SMILES string of the molecule is CN(C)c1cccc(OCCCCc2nc(CCl)cs2)c1. The fraction of sp³-hybridized carbons (Fsp3) is 0.438. The molecule has 0 fully saturated rings. The van der Waals surface area contributed by atoms with E-state index in [1.165, 1.54) is 5.01 Å². The summed E-state index contributed by atoms with van der Waals surface area (Å²) in [5.74, 6) is 1.43. The third-order valence-electron chi connectivity index (χ3n) is 3.12. The summed E-state index contributed by atoms with van der Waals surface area (Å²) in [6, 6.07) is 8.16. The van der Waals surface area contributed by atoms with Crippen LogP contribution in [0.1, 0.15) is 23.5 Å². The minimum absolute atomic E-state index is 0.502. The van der Waals surface area contributed by atoms with Crippen LogP contribution in [0.2, 0.25) is 0 Å². The first kappa shape index (κ1) is 16.1. The van der Waals surface area contributed by atoms with Crippen molar-refractivity contribution >= 4 is 28.6 Å². The zero-order valence-corrected chi connectivity index (χ0v) is 14.1. The molecule has 1 aromatic heterocycles. The summed E-state index contributed by atoms with van der Waals surface area (Å²) in [5.41, 5.74) is 2.14. The van der Waals surface area contributed by atoms with Crippen molar-refractivity contribution in [1.29, 1.82) is 0 Å². The molecule has 3 nitrogen and oxygen atoms in total. The Bertz CT molecular complexity index is 557. The monoisotopic (exact) mass is 324 g/mol. The third kappa shape index (κ3) is 5.21. The lowest BCUT2D eigenvalue weighted by molar-refractivity contribution is 0.307. The maximum atomic E-state index is 5.80. The number of thiazole rings is 1. The molecule has 0 saturated carbocycles. The minimum Gasteiger partial charge on any atom is -0.494 e. The van der Waals surface area contributed by atoms with E-state index in [2.05, 4.69) is 22.0 Å². The molecule has 2 rings (SSSR count). The van der Waals surface area contributed by atoms with Gasteiger partial charge in [-0.25, -0.2) is 4.98 Å². The van der Waals surface area contributed by atoms with Crippen LogP contribution in [0.3, 0.4) is 0 Å². The van der Waals surface area contributed by atoms with Gasteiger partial charge in [-0.2, -0.15) is 0 Å². The molecule has 114 valence electrons. The number of ether oxygens (including phenoxy) is 1. The summed E-state index contributed by atoms with van der Waals surface area (Å²) in [5, 5.41) is 3.20. The highest BCUT2D eigenvalue weighted by atomic mass is 35.5. The van der Waals surface area contributed by atoms with Gasteiger partial charge in [-0.1, -0.05) is 6.07 Å². The number of rotatable bonds is 8. The van der Waals surface area contributed by atoms with Crippen molar-refractivity contribution in [3.8, 4) is 5.75 Å². The number of unbranched alkanes of at least 4 members (excludes halogenated alkanes) is 1. The highest BCUT2D eigenvalue weighted by molar-refractivity contribution is 7.09. The van der Waals surface area contributed by atoms with Crippen LogP contribution in [0, 0.1) is 0 Å². The second kappa shape index (κ2) is 8.25. The fourth-order valence-electron chi connectivity index (χ4n) is 1.94. The molecule has 0 aliphatic heterocycles. The van der Waals surface area contributed by atoms with Crippen LogP contribution < -0.4 is 9.64 Å². The van der Waals surface area contributed by atoms with Gasteiger partial charge in [-0.05, 0) is 31.4 Å². The Morgan fingerprint density at radius 2 is 2.14 bits per heavy atom. The van der Waals surface area contributed by atoms with Gasteiger partial charge < -0.3 is 9.64 Å². The first-order valence-electron chi connectivity index (χ1n) is 7.08. The number of hydrogen-bond donors (Lipinski definition) is 0. The van der Waals surface area contributed by atoms with Crippen LogP contribution >= 0.6 is 22.9 Å². The topological polar surface area (TPSA) is 25.4 Å². The van der Waals surface area contributed by atoms with E-state index in [-0.39, 0.29) is 0 Å². The van der Waals surface area contributed by atoms with Crippen molar-refractivity contribution in [2.45, 2.75) is 25.1 Å². The Morgan fingerprint density at radius 3 is 2.86 bits per heavy atom. The van der Waals surface area contributed by atoms with E-state index in [1.807, 2.05) is 31.6 Å². The molecule has 0 aliphatic carbocycles. The van der Waals surface area contributed by atoms with E-state index in [0.717, 1.165) is 43.0 Å². The summed E-state index contributed by atoms with van der Waals surface area (Å²) < 4.78 is 5.80. The van der Waals surface area contributed by atoms with E-state index < -0.39 is 0 Å².